The van der Waals surface area contributed by atoms with Gasteiger partial charge in [0.1, 0.15) is 11.2 Å². The zero-order valence-electron chi connectivity index (χ0n) is 33.3. The average molecular weight is 791 g/mol. The second kappa shape index (κ2) is 13.6. The topological polar surface area (TPSA) is 56.7 Å². The summed E-state index contributed by atoms with van der Waals surface area (Å²) in [5.41, 5.74) is 10.0. The minimum Gasteiger partial charge on any atom is -0.456 e. The van der Waals surface area contributed by atoms with E-state index in [1.54, 1.807) is 0 Å². The molecule has 0 bridgehead atoms. The van der Waals surface area contributed by atoms with Crippen LogP contribution in [0.1, 0.15) is 0 Å². The van der Waals surface area contributed by atoms with Crippen LogP contribution in [-0.2, 0) is 0 Å². The van der Waals surface area contributed by atoms with Crippen molar-refractivity contribution in [2.75, 3.05) is 0 Å². The smallest absolute Gasteiger partial charge is 0.164 e. The van der Waals surface area contributed by atoms with Crippen LogP contribution in [0, 0.1) is 0 Å². The van der Waals surface area contributed by atoms with E-state index in [4.69, 9.17) is 19.4 Å². The van der Waals surface area contributed by atoms with Crippen LogP contribution >= 0.6 is 0 Å². The van der Waals surface area contributed by atoms with Crippen molar-refractivity contribution < 1.29 is 4.42 Å². The number of nitrogens with zero attached hydrogens (tertiary/aromatic N) is 4. The fraction of sp³-hybridized carbons (Fsp3) is 0. The predicted molar refractivity (Wildman–Crippen MR) is 256 cm³/mol. The Morgan fingerprint density at radius 2 is 0.919 bits per heavy atom. The maximum absolute atomic E-state index is 6.22. The summed E-state index contributed by atoms with van der Waals surface area (Å²) in [5.74, 6) is 1.81. The Balaban J connectivity index is 1.14. The number of benzene rings is 10. The van der Waals surface area contributed by atoms with Gasteiger partial charge in [-0.25, -0.2) is 15.0 Å². The number of hydrogen-bond donors (Lipinski definition) is 0. The second-order valence-electron chi connectivity index (χ2n) is 15.9. The highest BCUT2D eigenvalue weighted by molar-refractivity contribution is 6.24. The molecule has 0 spiro atoms. The molecule has 10 aromatic carbocycles. The van der Waals surface area contributed by atoms with Gasteiger partial charge in [-0.05, 0) is 81.0 Å². The highest BCUT2D eigenvalue weighted by Gasteiger charge is 2.24. The lowest BCUT2D eigenvalue weighted by atomic mass is 9.93. The highest BCUT2D eigenvalue weighted by atomic mass is 16.3. The first kappa shape index (κ1) is 34.5. The van der Waals surface area contributed by atoms with Gasteiger partial charge in [-0.3, -0.25) is 0 Å². The Hall–Kier alpha value is -8.41. The van der Waals surface area contributed by atoms with E-state index in [0.717, 1.165) is 77.2 Å². The van der Waals surface area contributed by atoms with Crippen molar-refractivity contribution in [3.63, 3.8) is 0 Å². The normalized spacial score (nSPS) is 11.9. The van der Waals surface area contributed by atoms with Crippen LogP contribution in [0.3, 0.4) is 0 Å². The second-order valence-corrected chi connectivity index (χ2v) is 15.9. The van der Waals surface area contributed by atoms with Crippen molar-refractivity contribution >= 4 is 76.1 Å². The predicted octanol–water partition coefficient (Wildman–Crippen LogP) is 15.0. The summed E-state index contributed by atoms with van der Waals surface area (Å²) >= 11 is 0. The molecule has 0 unspecified atom stereocenters. The van der Waals surface area contributed by atoms with Gasteiger partial charge in [0.2, 0.25) is 0 Å². The SMILES string of the molecule is c1ccc(-c2nc(-c3ccc4oc5ccccc5c4c3)nc(-c3cc(-c4ccccc4)c(-n4c5cc6ccccc6cc5c5c6ccccc6ccc54)c4ccccc34)n2)cc1. The van der Waals surface area contributed by atoms with E-state index in [1.165, 1.54) is 32.3 Å². The van der Waals surface area contributed by atoms with Crippen molar-refractivity contribution in [2.24, 2.45) is 0 Å². The van der Waals surface area contributed by atoms with E-state index in [-0.39, 0.29) is 0 Å². The Labute approximate surface area is 355 Å². The maximum atomic E-state index is 6.22. The summed E-state index contributed by atoms with van der Waals surface area (Å²) in [6, 6.07) is 73.0. The fourth-order valence-corrected chi connectivity index (χ4v) is 9.54. The Bertz CT molecular complexity index is 3920. The molecule has 0 N–H and O–H groups in total. The molecule has 13 aromatic rings. The van der Waals surface area contributed by atoms with Crippen molar-refractivity contribution in [1.82, 2.24) is 19.5 Å². The minimum absolute atomic E-state index is 0.594. The van der Waals surface area contributed by atoms with Crippen LogP contribution in [0.4, 0.5) is 0 Å². The van der Waals surface area contributed by atoms with Gasteiger partial charge in [-0.1, -0.05) is 158 Å². The maximum Gasteiger partial charge on any atom is 0.164 e. The summed E-state index contributed by atoms with van der Waals surface area (Å²) in [4.78, 5) is 15.8. The first-order valence-corrected chi connectivity index (χ1v) is 20.9. The summed E-state index contributed by atoms with van der Waals surface area (Å²) in [6.07, 6.45) is 0. The van der Waals surface area contributed by atoms with Crippen molar-refractivity contribution in [3.8, 4) is 51.0 Å². The molecule has 0 aliphatic rings. The van der Waals surface area contributed by atoms with Crippen molar-refractivity contribution in [2.45, 2.75) is 0 Å². The number of hydrogen-bond acceptors (Lipinski definition) is 4. The zero-order chi connectivity index (χ0) is 40.7. The van der Waals surface area contributed by atoms with Gasteiger partial charge in [0, 0.05) is 49.2 Å². The lowest BCUT2D eigenvalue weighted by molar-refractivity contribution is 0.669. The quantitative estimate of drug-likeness (QED) is 0.174. The Morgan fingerprint density at radius 1 is 0.323 bits per heavy atom. The minimum atomic E-state index is 0.594. The molecule has 13 rings (SSSR count). The summed E-state index contributed by atoms with van der Waals surface area (Å²) < 4.78 is 8.71. The number of rotatable bonds is 5. The first-order valence-electron chi connectivity index (χ1n) is 20.9. The molecule has 0 saturated carbocycles. The summed E-state index contributed by atoms with van der Waals surface area (Å²) in [7, 11) is 0. The van der Waals surface area contributed by atoms with Crippen LogP contribution in [0.15, 0.2) is 211 Å². The van der Waals surface area contributed by atoms with Crippen LogP contribution < -0.4 is 0 Å². The van der Waals surface area contributed by atoms with Gasteiger partial charge < -0.3 is 8.98 Å². The number of furan rings is 1. The molecule has 0 atom stereocenters. The molecule has 62 heavy (non-hydrogen) atoms. The summed E-state index contributed by atoms with van der Waals surface area (Å²) in [6.45, 7) is 0. The number of aromatic nitrogens is 4. The lowest BCUT2D eigenvalue weighted by Gasteiger charge is -2.20. The Kier molecular flexibility index (Phi) is 7.54. The van der Waals surface area contributed by atoms with E-state index in [1.807, 2.05) is 48.5 Å². The van der Waals surface area contributed by atoms with Gasteiger partial charge in [0.25, 0.3) is 0 Å². The first-order chi connectivity index (χ1) is 30.7. The number of fused-ring (bicyclic) bond motifs is 10. The fourth-order valence-electron chi connectivity index (χ4n) is 9.54. The van der Waals surface area contributed by atoms with Crippen LogP contribution in [0.2, 0.25) is 0 Å². The molecule has 5 nitrogen and oxygen atoms in total. The van der Waals surface area contributed by atoms with Crippen LogP contribution in [0.5, 0.6) is 0 Å². The molecule has 3 heterocycles. The molecule has 3 aromatic heterocycles. The van der Waals surface area contributed by atoms with Gasteiger partial charge in [-0.2, -0.15) is 0 Å². The van der Waals surface area contributed by atoms with Crippen molar-refractivity contribution in [1.29, 1.82) is 0 Å². The summed E-state index contributed by atoms with van der Waals surface area (Å²) in [5, 5.41) is 11.6. The van der Waals surface area contributed by atoms with E-state index >= 15 is 0 Å². The van der Waals surface area contributed by atoms with Crippen LogP contribution in [-0.4, -0.2) is 19.5 Å². The largest absolute Gasteiger partial charge is 0.456 e. The van der Waals surface area contributed by atoms with E-state index < -0.39 is 0 Å². The van der Waals surface area contributed by atoms with Gasteiger partial charge >= 0.3 is 0 Å². The third-order valence-corrected chi connectivity index (χ3v) is 12.4. The van der Waals surface area contributed by atoms with E-state index in [9.17, 15) is 0 Å². The average Bonchev–Trinajstić information content (AvgIpc) is 3.88. The van der Waals surface area contributed by atoms with Gasteiger partial charge in [-0.15, -0.1) is 0 Å². The molecule has 0 fully saturated rings. The molecule has 288 valence electrons. The number of para-hydroxylation sites is 1. The van der Waals surface area contributed by atoms with Gasteiger partial charge in [0.05, 0.1) is 16.7 Å². The monoisotopic (exact) mass is 790 g/mol. The highest BCUT2D eigenvalue weighted by Crippen LogP contribution is 2.45. The van der Waals surface area contributed by atoms with E-state index in [0.29, 0.717) is 17.5 Å². The molecule has 0 saturated heterocycles. The van der Waals surface area contributed by atoms with Crippen molar-refractivity contribution in [3.05, 3.63) is 206 Å². The Morgan fingerprint density at radius 3 is 1.71 bits per heavy atom. The zero-order valence-corrected chi connectivity index (χ0v) is 33.3. The molecule has 5 heteroatoms. The molecule has 0 aliphatic heterocycles. The third kappa shape index (κ3) is 5.32. The standard InChI is InChI=1S/C57H34N4O/c1-3-15-35(16-4-1)45-34-47(57-59-55(37-18-5-2-6-19-37)58-56(60-57)40-28-30-52-46(32-40)43-24-13-14-26-51(43)62-52)42-23-11-12-25-44(42)54(45)61-49-29-27-36-17-9-10-22-41(36)53(49)48-31-38-20-7-8-21-39(38)33-50(48)61/h1-34H. The van der Waals surface area contributed by atoms with E-state index in [2.05, 4.69) is 162 Å². The molecular formula is C57H34N4O. The third-order valence-electron chi connectivity index (χ3n) is 12.4. The molecular weight excluding hydrogens is 757 g/mol. The molecule has 0 amide bonds. The van der Waals surface area contributed by atoms with Crippen LogP contribution in [0.25, 0.3) is 127 Å². The lowest BCUT2D eigenvalue weighted by Crippen LogP contribution is -2.03. The van der Waals surface area contributed by atoms with Gasteiger partial charge in [0.15, 0.2) is 17.5 Å². The molecule has 0 aliphatic carbocycles. The molecule has 0 radical (unpaired) electrons.